The van der Waals surface area contributed by atoms with E-state index in [9.17, 15) is 4.79 Å². The smallest absolute Gasteiger partial charge is 0.263 e. The summed E-state index contributed by atoms with van der Waals surface area (Å²) in [5, 5.41) is 0. The van der Waals surface area contributed by atoms with Gasteiger partial charge in [0.15, 0.2) is 6.10 Å². The van der Waals surface area contributed by atoms with Gasteiger partial charge in [0.2, 0.25) is 0 Å². The third-order valence-corrected chi connectivity index (χ3v) is 4.31. The molecule has 1 aromatic rings. The van der Waals surface area contributed by atoms with Gasteiger partial charge in [-0.3, -0.25) is 4.79 Å². The number of amides is 1. The van der Waals surface area contributed by atoms with Crippen LogP contribution in [0.5, 0.6) is 5.75 Å². The number of hydrogen-bond donors (Lipinski definition) is 1. The van der Waals surface area contributed by atoms with Crippen LogP contribution in [0, 0.1) is 5.92 Å². The Bertz CT molecular complexity index is 494. The molecule has 1 heterocycles. The second kappa shape index (κ2) is 7.63. The molecule has 122 valence electrons. The highest BCUT2D eigenvalue weighted by molar-refractivity contribution is 5.81. The zero-order chi connectivity index (χ0) is 16.1. The molecule has 1 atom stereocenters. The van der Waals surface area contributed by atoms with Crippen LogP contribution in [0.2, 0.25) is 0 Å². The lowest BCUT2D eigenvalue weighted by Gasteiger charge is -2.34. The molecule has 0 radical (unpaired) electrons. The van der Waals surface area contributed by atoms with Gasteiger partial charge in [-0.25, -0.2) is 0 Å². The highest BCUT2D eigenvalue weighted by atomic mass is 16.5. The first-order chi connectivity index (χ1) is 10.5. The van der Waals surface area contributed by atoms with Gasteiger partial charge >= 0.3 is 0 Å². The Kier molecular flexibility index (Phi) is 5.83. The van der Waals surface area contributed by atoms with Gasteiger partial charge in [0, 0.05) is 19.1 Å². The van der Waals surface area contributed by atoms with Gasteiger partial charge in [-0.1, -0.05) is 39.0 Å². The molecule has 1 fully saturated rings. The summed E-state index contributed by atoms with van der Waals surface area (Å²) in [5.74, 6) is 1.05. The van der Waals surface area contributed by atoms with Crippen LogP contribution >= 0.6 is 0 Å². The number of nitrogens with zero attached hydrogens (tertiary/aromatic N) is 1. The number of rotatable bonds is 5. The maximum absolute atomic E-state index is 12.8. The molecule has 1 aliphatic heterocycles. The fraction of sp³-hybridized carbons (Fsp3) is 0.611. The second-order valence-electron chi connectivity index (χ2n) is 6.41. The van der Waals surface area contributed by atoms with Crippen molar-refractivity contribution >= 4 is 5.91 Å². The number of ether oxygens (including phenoxy) is 1. The summed E-state index contributed by atoms with van der Waals surface area (Å²) in [6, 6.07) is 8.19. The number of likely N-dealkylation sites (tertiary alicyclic amines) is 1. The monoisotopic (exact) mass is 304 g/mol. The van der Waals surface area contributed by atoms with Crippen LogP contribution < -0.4 is 10.5 Å². The summed E-state index contributed by atoms with van der Waals surface area (Å²) in [6.07, 6.45) is 2.22. The van der Waals surface area contributed by atoms with Gasteiger partial charge in [-0.15, -0.1) is 0 Å². The van der Waals surface area contributed by atoms with Gasteiger partial charge in [-0.05, 0) is 36.8 Å². The quantitative estimate of drug-likeness (QED) is 0.909. The van der Waals surface area contributed by atoms with Gasteiger partial charge in [0.05, 0.1) is 0 Å². The third kappa shape index (κ3) is 4.01. The molecule has 1 amide bonds. The van der Waals surface area contributed by atoms with E-state index in [2.05, 4.69) is 13.0 Å². The van der Waals surface area contributed by atoms with Crippen molar-refractivity contribution in [3.63, 3.8) is 0 Å². The minimum Gasteiger partial charge on any atom is -0.480 e. The van der Waals surface area contributed by atoms with Crippen LogP contribution in [0.15, 0.2) is 24.3 Å². The van der Waals surface area contributed by atoms with Crippen LogP contribution in [0.3, 0.4) is 0 Å². The lowest BCUT2D eigenvalue weighted by molar-refractivity contribution is -0.141. The van der Waals surface area contributed by atoms with E-state index < -0.39 is 6.10 Å². The lowest BCUT2D eigenvalue weighted by Crippen LogP contribution is -2.49. The van der Waals surface area contributed by atoms with Gasteiger partial charge < -0.3 is 15.4 Å². The van der Waals surface area contributed by atoms with Crippen LogP contribution in [0.1, 0.15) is 39.2 Å². The average molecular weight is 304 g/mol. The third-order valence-electron chi connectivity index (χ3n) is 4.31. The number of nitrogens with two attached hydrogens (primary N) is 1. The molecule has 2 N–H and O–H groups in total. The van der Waals surface area contributed by atoms with Crippen molar-refractivity contribution in [2.45, 2.75) is 52.2 Å². The maximum Gasteiger partial charge on any atom is 0.263 e. The van der Waals surface area contributed by atoms with Crippen molar-refractivity contribution in [1.29, 1.82) is 0 Å². The standard InChI is InChI=1S/C18H28N2O2/c1-4-14-7-5-6-8-16(14)22-17(13(2)3)18(21)20-11-9-15(19)10-12-20/h5-8,13,15,17H,4,9-12,19H2,1-3H3. The summed E-state index contributed by atoms with van der Waals surface area (Å²) in [7, 11) is 0. The number of benzene rings is 1. The lowest BCUT2D eigenvalue weighted by atomic mass is 10.0. The molecule has 4 nitrogen and oxygen atoms in total. The molecule has 4 heteroatoms. The van der Waals surface area contributed by atoms with Gasteiger partial charge in [0.1, 0.15) is 5.75 Å². The second-order valence-corrected chi connectivity index (χ2v) is 6.41. The minimum atomic E-state index is -0.429. The number of piperidine rings is 1. The highest BCUT2D eigenvalue weighted by Crippen LogP contribution is 2.23. The normalized spacial score (nSPS) is 17.6. The molecule has 0 saturated carbocycles. The van der Waals surface area contributed by atoms with Gasteiger partial charge in [-0.2, -0.15) is 0 Å². The molecule has 0 spiro atoms. The molecule has 1 saturated heterocycles. The minimum absolute atomic E-state index is 0.0906. The molecular formula is C18H28N2O2. The van der Waals surface area contributed by atoms with Crippen molar-refractivity contribution in [2.24, 2.45) is 11.7 Å². The largest absolute Gasteiger partial charge is 0.480 e. The molecule has 22 heavy (non-hydrogen) atoms. The first kappa shape index (κ1) is 16.8. The van der Waals surface area contributed by atoms with Crippen LogP contribution in [0.25, 0.3) is 0 Å². The first-order valence-electron chi connectivity index (χ1n) is 8.31. The Morgan fingerprint density at radius 3 is 2.55 bits per heavy atom. The predicted molar refractivity (Wildman–Crippen MR) is 88.9 cm³/mol. The zero-order valence-corrected chi connectivity index (χ0v) is 13.9. The summed E-state index contributed by atoms with van der Waals surface area (Å²) in [4.78, 5) is 14.7. The van der Waals surface area contributed by atoms with Gasteiger partial charge in [0.25, 0.3) is 5.91 Å². The van der Waals surface area contributed by atoms with E-state index in [1.807, 2.05) is 36.9 Å². The Labute approximate surface area is 133 Å². The molecule has 0 aliphatic carbocycles. The van der Waals surface area contributed by atoms with Crippen molar-refractivity contribution in [3.05, 3.63) is 29.8 Å². The SMILES string of the molecule is CCc1ccccc1OC(C(=O)N1CCC(N)CC1)C(C)C. The van der Waals surface area contributed by atoms with Crippen molar-refractivity contribution < 1.29 is 9.53 Å². The Morgan fingerprint density at radius 2 is 1.95 bits per heavy atom. The van der Waals surface area contributed by atoms with Crippen LogP contribution in [-0.2, 0) is 11.2 Å². The molecule has 0 aromatic heterocycles. The number of carbonyl (C=O) groups is 1. The van der Waals surface area contributed by atoms with E-state index >= 15 is 0 Å². The van der Waals surface area contributed by atoms with E-state index in [1.165, 1.54) is 0 Å². The van der Waals surface area contributed by atoms with E-state index in [0.717, 1.165) is 43.7 Å². The van der Waals surface area contributed by atoms with Crippen molar-refractivity contribution in [2.75, 3.05) is 13.1 Å². The van der Waals surface area contributed by atoms with E-state index in [0.29, 0.717) is 0 Å². The number of carbonyl (C=O) groups excluding carboxylic acids is 1. The maximum atomic E-state index is 12.8. The molecule has 1 aliphatic rings. The number of hydrogen-bond acceptors (Lipinski definition) is 3. The number of para-hydroxylation sites is 1. The topological polar surface area (TPSA) is 55.6 Å². The summed E-state index contributed by atoms with van der Waals surface area (Å²) < 4.78 is 6.12. The summed E-state index contributed by atoms with van der Waals surface area (Å²) in [6.45, 7) is 7.64. The highest BCUT2D eigenvalue weighted by Gasteiger charge is 2.31. The molecule has 0 bridgehead atoms. The summed E-state index contributed by atoms with van der Waals surface area (Å²) in [5.41, 5.74) is 7.07. The van der Waals surface area contributed by atoms with E-state index in [-0.39, 0.29) is 17.9 Å². The number of aryl methyl sites for hydroxylation is 1. The molecular weight excluding hydrogens is 276 g/mol. The fourth-order valence-electron chi connectivity index (χ4n) is 2.82. The van der Waals surface area contributed by atoms with Crippen molar-refractivity contribution in [1.82, 2.24) is 4.90 Å². The van der Waals surface area contributed by atoms with E-state index in [1.54, 1.807) is 0 Å². The predicted octanol–water partition coefficient (Wildman–Crippen LogP) is 2.60. The Hall–Kier alpha value is -1.55. The van der Waals surface area contributed by atoms with Crippen LogP contribution in [0.4, 0.5) is 0 Å². The zero-order valence-electron chi connectivity index (χ0n) is 13.9. The van der Waals surface area contributed by atoms with E-state index in [4.69, 9.17) is 10.5 Å². The summed E-state index contributed by atoms with van der Waals surface area (Å²) >= 11 is 0. The molecule has 1 unspecified atom stereocenters. The Balaban J connectivity index is 2.11. The fourth-order valence-corrected chi connectivity index (χ4v) is 2.82. The average Bonchev–Trinajstić information content (AvgIpc) is 2.52. The molecule has 2 rings (SSSR count). The Morgan fingerprint density at radius 1 is 1.32 bits per heavy atom. The first-order valence-corrected chi connectivity index (χ1v) is 8.31. The van der Waals surface area contributed by atoms with Crippen LogP contribution in [-0.4, -0.2) is 36.0 Å². The molecule has 1 aromatic carbocycles. The van der Waals surface area contributed by atoms with Crippen molar-refractivity contribution in [3.8, 4) is 5.75 Å².